The Hall–Kier alpha value is -2.14. The number of methoxy groups -OCH3 is 1. The first-order valence-electron chi connectivity index (χ1n) is 6.61. The number of rotatable bonds is 5. The van der Waals surface area contributed by atoms with Crippen LogP contribution >= 0.6 is 0 Å². The van der Waals surface area contributed by atoms with Crippen LogP contribution in [0.2, 0.25) is 0 Å². The van der Waals surface area contributed by atoms with Crippen molar-refractivity contribution in [1.29, 1.82) is 0 Å². The van der Waals surface area contributed by atoms with Gasteiger partial charge < -0.3 is 15.8 Å². The third kappa shape index (κ3) is 3.49. The highest BCUT2D eigenvalue weighted by Gasteiger charge is 2.12. The molecule has 0 aliphatic rings. The van der Waals surface area contributed by atoms with Gasteiger partial charge in [0.15, 0.2) is 11.6 Å². The van der Waals surface area contributed by atoms with Gasteiger partial charge in [0.25, 0.3) is 0 Å². The van der Waals surface area contributed by atoms with Gasteiger partial charge in [0.1, 0.15) is 5.82 Å². The molecule has 0 bridgehead atoms. The number of nitrogens with one attached hydrogen (secondary N) is 1. The monoisotopic (exact) mass is 292 g/mol. The lowest BCUT2D eigenvalue weighted by Crippen LogP contribution is -2.20. The van der Waals surface area contributed by atoms with Crippen LogP contribution in [-0.4, -0.2) is 13.7 Å². The van der Waals surface area contributed by atoms with Gasteiger partial charge in [0.05, 0.1) is 13.2 Å². The third-order valence-electron chi connectivity index (χ3n) is 3.31. The first-order valence-corrected chi connectivity index (χ1v) is 6.61. The highest BCUT2D eigenvalue weighted by Crippen LogP contribution is 2.25. The van der Waals surface area contributed by atoms with Crippen LogP contribution < -0.4 is 15.8 Å². The quantitative estimate of drug-likeness (QED) is 0.888. The van der Waals surface area contributed by atoms with Crippen LogP contribution in [0.4, 0.5) is 14.5 Å². The smallest absolute Gasteiger partial charge is 0.165 e. The number of hydrogen-bond donors (Lipinski definition) is 2. The van der Waals surface area contributed by atoms with Gasteiger partial charge in [0, 0.05) is 18.3 Å². The summed E-state index contributed by atoms with van der Waals surface area (Å²) in [6.45, 7) is 2.03. The van der Waals surface area contributed by atoms with Gasteiger partial charge in [-0.05, 0) is 36.2 Å². The molecule has 3 N–H and O–H groups in total. The molecule has 1 atom stereocenters. The summed E-state index contributed by atoms with van der Waals surface area (Å²) < 4.78 is 31.7. The molecule has 112 valence electrons. The van der Waals surface area contributed by atoms with E-state index in [1.54, 1.807) is 31.2 Å². The van der Waals surface area contributed by atoms with E-state index in [0.717, 1.165) is 5.56 Å². The van der Waals surface area contributed by atoms with Crippen molar-refractivity contribution >= 4 is 5.69 Å². The maximum Gasteiger partial charge on any atom is 0.165 e. The van der Waals surface area contributed by atoms with Crippen LogP contribution in [0, 0.1) is 18.6 Å². The Morgan fingerprint density at radius 1 is 1.14 bits per heavy atom. The summed E-state index contributed by atoms with van der Waals surface area (Å²) in [4.78, 5) is 0. The van der Waals surface area contributed by atoms with Crippen molar-refractivity contribution in [3.8, 4) is 5.75 Å². The van der Waals surface area contributed by atoms with Crippen molar-refractivity contribution < 1.29 is 13.5 Å². The largest absolute Gasteiger partial charge is 0.494 e. The molecule has 0 radical (unpaired) electrons. The summed E-state index contributed by atoms with van der Waals surface area (Å²) in [5, 5.41) is 3.20. The van der Waals surface area contributed by atoms with Crippen LogP contribution in [0.1, 0.15) is 17.2 Å². The standard InChI is InChI=1S/C16H18F2N2O/c1-10-7-11(3-5-13(10)17)15(9-19)20-12-4-6-14(18)16(8-12)21-2/h3-8,15,20H,9,19H2,1-2H3. The van der Waals surface area contributed by atoms with Crippen LogP contribution in [0.15, 0.2) is 36.4 Å². The molecule has 0 saturated carbocycles. The average Bonchev–Trinajstić information content (AvgIpc) is 2.49. The van der Waals surface area contributed by atoms with Crippen LogP contribution in [-0.2, 0) is 0 Å². The fourth-order valence-electron chi connectivity index (χ4n) is 2.11. The molecule has 0 spiro atoms. The number of aryl methyl sites for hydroxylation is 1. The molecule has 0 amide bonds. The van der Waals surface area contributed by atoms with E-state index >= 15 is 0 Å². The molecule has 0 heterocycles. The summed E-state index contributed by atoms with van der Waals surface area (Å²) in [5.74, 6) is -0.519. The van der Waals surface area contributed by atoms with Crippen LogP contribution in [0.25, 0.3) is 0 Å². The highest BCUT2D eigenvalue weighted by atomic mass is 19.1. The van der Waals surface area contributed by atoms with Crippen LogP contribution in [0.3, 0.4) is 0 Å². The maximum atomic E-state index is 13.4. The number of halogens is 2. The van der Waals surface area contributed by atoms with E-state index in [1.807, 2.05) is 0 Å². The van der Waals surface area contributed by atoms with Crippen molar-refractivity contribution in [3.05, 3.63) is 59.2 Å². The molecule has 0 aromatic heterocycles. The Morgan fingerprint density at radius 2 is 1.86 bits per heavy atom. The molecule has 5 heteroatoms. The Kier molecular flexibility index (Phi) is 4.75. The van der Waals surface area contributed by atoms with E-state index < -0.39 is 5.82 Å². The molecular formula is C16H18F2N2O. The second-order valence-electron chi connectivity index (χ2n) is 4.79. The normalized spacial score (nSPS) is 12.0. The van der Waals surface area contributed by atoms with Crippen molar-refractivity contribution in [1.82, 2.24) is 0 Å². The minimum Gasteiger partial charge on any atom is -0.494 e. The van der Waals surface area contributed by atoms with Crippen LogP contribution in [0.5, 0.6) is 5.75 Å². The van der Waals surface area contributed by atoms with E-state index in [4.69, 9.17) is 10.5 Å². The van der Waals surface area contributed by atoms with Crippen molar-refractivity contribution in [2.75, 3.05) is 19.0 Å². The zero-order chi connectivity index (χ0) is 15.4. The summed E-state index contributed by atoms with van der Waals surface area (Å²) in [5.41, 5.74) is 7.90. The van der Waals surface area contributed by atoms with Gasteiger partial charge in [-0.2, -0.15) is 0 Å². The molecule has 21 heavy (non-hydrogen) atoms. The molecule has 3 nitrogen and oxygen atoms in total. The van der Waals surface area contributed by atoms with Gasteiger partial charge in [-0.3, -0.25) is 0 Å². The average molecular weight is 292 g/mol. The maximum absolute atomic E-state index is 13.4. The minimum absolute atomic E-state index is 0.158. The zero-order valence-corrected chi connectivity index (χ0v) is 12.0. The van der Waals surface area contributed by atoms with Crippen molar-refractivity contribution in [3.63, 3.8) is 0 Å². The molecule has 2 rings (SSSR count). The number of ether oxygens (including phenoxy) is 1. The van der Waals surface area contributed by atoms with E-state index in [0.29, 0.717) is 17.8 Å². The Morgan fingerprint density at radius 3 is 2.48 bits per heavy atom. The summed E-state index contributed by atoms with van der Waals surface area (Å²) in [6.07, 6.45) is 0. The van der Waals surface area contributed by atoms with E-state index in [2.05, 4.69) is 5.32 Å². The number of hydrogen-bond acceptors (Lipinski definition) is 3. The fraction of sp³-hybridized carbons (Fsp3) is 0.250. The predicted octanol–water partition coefficient (Wildman–Crippen LogP) is 3.39. The minimum atomic E-state index is -0.426. The van der Waals surface area contributed by atoms with Crippen molar-refractivity contribution in [2.24, 2.45) is 5.73 Å². The van der Waals surface area contributed by atoms with Gasteiger partial charge in [-0.15, -0.1) is 0 Å². The van der Waals surface area contributed by atoms with Gasteiger partial charge in [0.2, 0.25) is 0 Å². The number of benzene rings is 2. The lowest BCUT2D eigenvalue weighted by atomic mass is 10.0. The molecule has 2 aromatic carbocycles. The Balaban J connectivity index is 2.24. The van der Waals surface area contributed by atoms with Gasteiger partial charge in [-0.1, -0.05) is 12.1 Å². The topological polar surface area (TPSA) is 47.3 Å². The Labute approximate surface area is 122 Å². The summed E-state index contributed by atoms with van der Waals surface area (Å²) in [7, 11) is 1.41. The second-order valence-corrected chi connectivity index (χ2v) is 4.79. The van der Waals surface area contributed by atoms with E-state index in [-0.39, 0.29) is 17.6 Å². The first kappa shape index (κ1) is 15.3. The number of nitrogens with two attached hydrogens (primary N) is 1. The van der Waals surface area contributed by atoms with Gasteiger partial charge in [-0.25, -0.2) is 8.78 Å². The number of anilines is 1. The molecule has 2 aromatic rings. The van der Waals surface area contributed by atoms with Gasteiger partial charge >= 0.3 is 0 Å². The second kappa shape index (κ2) is 6.54. The fourth-order valence-corrected chi connectivity index (χ4v) is 2.11. The van der Waals surface area contributed by atoms with E-state index in [1.165, 1.54) is 19.2 Å². The Bertz CT molecular complexity index is 632. The molecule has 0 aliphatic carbocycles. The molecular weight excluding hydrogens is 274 g/mol. The SMILES string of the molecule is COc1cc(NC(CN)c2ccc(F)c(C)c2)ccc1F. The molecule has 1 unspecified atom stereocenters. The lowest BCUT2D eigenvalue weighted by molar-refractivity contribution is 0.386. The predicted molar refractivity (Wildman–Crippen MR) is 79.5 cm³/mol. The molecule has 0 saturated heterocycles. The van der Waals surface area contributed by atoms with Crippen molar-refractivity contribution in [2.45, 2.75) is 13.0 Å². The zero-order valence-electron chi connectivity index (χ0n) is 12.0. The first-order chi connectivity index (χ1) is 10.0. The lowest BCUT2D eigenvalue weighted by Gasteiger charge is -2.19. The van der Waals surface area contributed by atoms with E-state index in [9.17, 15) is 8.78 Å². The highest BCUT2D eigenvalue weighted by molar-refractivity contribution is 5.50. The summed E-state index contributed by atoms with van der Waals surface area (Å²) >= 11 is 0. The summed E-state index contributed by atoms with van der Waals surface area (Å²) in [6, 6.07) is 9.16. The molecule has 0 fully saturated rings. The third-order valence-corrected chi connectivity index (χ3v) is 3.31. The molecule has 0 aliphatic heterocycles.